The van der Waals surface area contributed by atoms with E-state index >= 15 is 0 Å². The summed E-state index contributed by atoms with van der Waals surface area (Å²) >= 11 is 0. The Morgan fingerprint density at radius 2 is 1.77 bits per heavy atom. The van der Waals surface area contributed by atoms with Crippen molar-refractivity contribution in [3.63, 3.8) is 0 Å². The summed E-state index contributed by atoms with van der Waals surface area (Å²) in [6.07, 6.45) is 0. The molecule has 2 aliphatic rings. The molecule has 1 saturated heterocycles. The van der Waals surface area contributed by atoms with Crippen LogP contribution in [-0.2, 0) is 4.74 Å². The minimum atomic E-state index is -0.551. The van der Waals surface area contributed by atoms with Gasteiger partial charge in [-0.2, -0.15) is 0 Å². The first-order valence-corrected chi connectivity index (χ1v) is 10.5. The predicted octanol–water partition coefficient (Wildman–Crippen LogP) is 2.68. The first kappa shape index (κ1) is 19.8. The van der Waals surface area contributed by atoms with Crippen molar-refractivity contribution >= 4 is 16.9 Å². The Kier molecular flexibility index (Phi) is 5.00. The van der Waals surface area contributed by atoms with Crippen LogP contribution in [0.1, 0.15) is 33.3 Å². The van der Waals surface area contributed by atoms with Gasteiger partial charge in [-0.1, -0.05) is 23.8 Å². The molecular weight excluding hydrogens is 396 g/mol. The monoisotopic (exact) mass is 420 g/mol. The first-order valence-electron chi connectivity index (χ1n) is 10.5. The average molecular weight is 420 g/mol. The van der Waals surface area contributed by atoms with Gasteiger partial charge in [0.25, 0.3) is 5.91 Å². The Balaban J connectivity index is 1.60. The molecule has 1 N–H and O–H groups in total. The summed E-state index contributed by atoms with van der Waals surface area (Å²) in [4.78, 5) is 30.9. The maximum atomic E-state index is 13.5. The standard InChI is InChI=1S/C24H24N2O5/c1-15-2-7-19-18(14-15)22(28)20-21(16-3-5-17(27)6-4-16)26(24(29)23(20)31-19)9-8-25-10-12-30-13-11-25/h2-7,14,21,27H,8-13H2,1H3. The number of phenols is 1. The van der Waals surface area contributed by atoms with Crippen molar-refractivity contribution < 1.29 is 19.1 Å². The lowest BCUT2D eigenvalue weighted by Crippen LogP contribution is -2.42. The van der Waals surface area contributed by atoms with Crippen LogP contribution in [-0.4, -0.2) is 60.2 Å². The zero-order chi connectivity index (χ0) is 21.5. The number of phenolic OH excluding ortho intramolecular Hbond substituents is 1. The van der Waals surface area contributed by atoms with Gasteiger partial charge in [-0.3, -0.25) is 14.5 Å². The molecule has 31 heavy (non-hydrogen) atoms. The summed E-state index contributed by atoms with van der Waals surface area (Å²) in [5.41, 5.74) is 2.33. The van der Waals surface area contributed by atoms with Crippen LogP contribution in [0.5, 0.6) is 5.75 Å². The van der Waals surface area contributed by atoms with E-state index in [1.54, 1.807) is 41.3 Å². The lowest BCUT2D eigenvalue weighted by atomic mass is 9.98. The average Bonchev–Trinajstić information content (AvgIpc) is 3.06. The third-order valence-corrected chi connectivity index (χ3v) is 6.09. The van der Waals surface area contributed by atoms with Crippen molar-refractivity contribution in [1.82, 2.24) is 9.80 Å². The topological polar surface area (TPSA) is 83.2 Å². The molecule has 1 fully saturated rings. The van der Waals surface area contributed by atoms with E-state index in [1.807, 2.05) is 13.0 Å². The summed E-state index contributed by atoms with van der Waals surface area (Å²) in [5.74, 6) is -0.0309. The van der Waals surface area contributed by atoms with Gasteiger partial charge < -0.3 is 19.2 Å². The summed E-state index contributed by atoms with van der Waals surface area (Å²) in [7, 11) is 0. The highest BCUT2D eigenvalue weighted by atomic mass is 16.5. The Morgan fingerprint density at radius 3 is 2.52 bits per heavy atom. The number of ether oxygens (including phenoxy) is 1. The van der Waals surface area contributed by atoms with Crippen molar-refractivity contribution in [3.8, 4) is 5.75 Å². The molecule has 1 aromatic heterocycles. The number of nitrogens with zero attached hydrogens (tertiary/aromatic N) is 2. The molecule has 1 unspecified atom stereocenters. The molecule has 0 bridgehead atoms. The summed E-state index contributed by atoms with van der Waals surface area (Å²) < 4.78 is 11.4. The lowest BCUT2D eigenvalue weighted by molar-refractivity contribution is 0.0314. The molecule has 5 rings (SSSR count). The summed E-state index contributed by atoms with van der Waals surface area (Å²) in [6, 6.07) is 11.5. The second-order valence-electron chi connectivity index (χ2n) is 8.12. The molecule has 7 nitrogen and oxygen atoms in total. The van der Waals surface area contributed by atoms with Crippen molar-refractivity contribution in [2.75, 3.05) is 39.4 Å². The molecular formula is C24H24N2O5. The van der Waals surface area contributed by atoms with E-state index in [4.69, 9.17) is 9.15 Å². The second kappa shape index (κ2) is 7.83. The molecule has 0 spiro atoms. The maximum Gasteiger partial charge on any atom is 0.290 e. The summed E-state index contributed by atoms with van der Waals surface area (Å²) in [5, 5.41) is 10.2. The van der Waals surface area contributed by atoms with Gasteiger partial charge in [0.15, 0.2) is 5.43 Å². The van der Waals surface area contributed by atoms with Crippen molar-refractivity contribution in [2.45, 2.75) is 13.0 Å². The van der Waals surface area contributed by atoms with Crippen molar-refractivity contribution in [1.29, 1.82) is 0 Å². The Hall–Kier alpha value is -3.16. The Bertz CT molecular complexity index is 1200. The van der Waals surface area contributed by atoms with Crippen LogP contribution in [0.15, 0.2) is 51.7 Å². The van der Waals surface area contributed by atoms with Gasteiger partial charge in [0, 0.05) is 26.2 Å². The van der Waals surface area contributed by atoms with E-state index in [-0.39, 0.29) is 22.8 Å². The molecule has 2 aromatic carbocycles. The van der Waals surface area contributed by atoms with Gasteiger partial charge in [0.1, 0.15) is 11.3 Å². The summed E-state index contributed by atoms with van der Waals surface area (Å²) in [6.45, 7) is 6.07. The van der Waals surface area contributed by atoms with Crippen LogP contribution in [0.3, 0.4) is 0 Å². The minimum Gasteiger partial charge on any atom is -0.508 e. The number of aryl methyl sites for hydroxylation is 1. The number of hydrogen-bond acceptors (Lipinski definition) is 6. The van der Waals surface area contributed by atoms with Gasteiger partial charge >= 0.3 is 0 Å². The van der Waals surface area contributed by atoms with Crippen LogP contribution in [0.2, 0.25) is 0 Å². The number of benzene rings is 2. The van der Waals surface area contributed by atoms with E-state index < -0.39 is 6.04 Å². The highest BCUT2D eigenvalue weighted by Gasteiger charge is 2.42. The third-order valence-electron chi connectivity index (χ3n) is 6.09. The lowest BCUT2D eigenvalue weighted by Gasteiger charge is -2.31. The maximum absolute atomic E-state index is 13.5. The number of hydrogen-bond donors (Lipinski definition) is 1. The molecule has 3 aromatic rings. The van der Waals surface area contributed by atoms with Gasteiger partial charge in [-0.15, -0.1) is 0 Å². The van der Waals surface area contributed by atoms with Crippen LogP contribution in [0.4, 0.5) is 0 Å². The minimum absolute atomic E-state index is 0.112. The van der Waals surface area contributed by atoms with E-state index in [9.17, 15) is 14.7 Å². The van der Waals surface area contributed by atoms with Gasteiger partial charge in [-0.05, 0) is 36.8 Å². The molecule has 0 aliphatic carbocycles. The van der Waals surface area contributed by atoms with Crippen molar-refractivity contribution in [3.05, 3.63) is 75.1 Å². The van der Waals surface area contributed by atoms with Crippen LogP contribution in [0, 0.1) is 6.92 Å². The molecule has 1 amide bonds. The number of morpholine rings is 1. The molecule has 7 heteroatoms. The largest absolute Gasteiger partial charge is 0.508 e. The third kappa shape index (κ3) is 3.49. The fourth-order valence-electron chi connectivity index (χ4n) is 4.44. The number of carbonyl (C=O) groups is 1. The van der Waals surface area contributed by atoms with Gasteiger partial charge in [0.2, 0.25) is 5.76 Å². The highest BCUT2D eigenvalue weighted by Crippen LogP contribution is 2.38. The molecule has 0 radical (unpaired) electrons. The quantitative estimate of drug-likeness (QED) is 0.699. The number of aromatic hydroxyl groups is 1. The normalized spacial score (nSPS) is 19.2. The number of carbonyl (C=O) groups excluding carboxylic acids is 1. The molecule has 3 heterocycles. The Morgan fingerprint density at radius 1 is 1.03 bits per heavy atom. The molecule has 160 valence electrons. The van der Waals surface area contributed by atoms with Crippen LogP contribution < -0.4 is 5.43 Å². The second-order valence-corrected chi connectivity index (χ2v) is 8.12. The Labute approximate surface area is 179 Å². The molecule has 1 atom stereocenters. The van der Waals surface area contributed by atoms with E-state index in [2.05, 4.69) is 4.90 Å². The number of amides is 1. The SMILES string of the molecule is Cc1ccc2oc3c(c(=O)c2c1)C(c1ccc(O)cc1)N(CCN1CCOCC1)C3=O. The van der Waals surface area contributed by atoms with E-state index in [0.29, 0.717) is 42.8 Å². The fraction of sp³-hybridized carbons (Fsp3) is 0.333. The zero-order valence-corrected chi connectivity index (χ0v) is 17.3. The molecule has 2 aliphatic heterocycles. The highest BCUT2D eigenvalue weighted by molar-refractivity contribution is 5.99. The fourth-order valence-corrected chi connectivity index (χ4v) is 4.44. The zero-order valence-electron chi connectivity index (χ0n) is 17.3. The van der Waals surface area contributed by atoms with Gasteiger partial charge in [0.05, 0.1) is 30.2 Å². The van der Waals surface area contributed by atoms with Crippen LogP contribution >= 0.6 is 0 Å². The molecule has 0 saturated carbocycles. The number of rotatable bonds is 4. The number of fused-ring (bicyclic) bond motifs is 2. The first-order chi connectivity index (χ1) is 15.0. The van der Waals surface area contributed by atoms with E-state index in [0.717, 1.165) is 24.2 Å². The smallest absolute Gasteiger partial charge is 0.290 e. The predicted molar refractivity (Wildman–Crippen MR) is 115 cm³/mol. The van der Waals surface area contributed by atoms with Crippen LogP contribution in [0.25, 0.3) is 11.0 Å². The van der Waals surface area contributed by atoms with Crippen molar-refractivity contribution in [2.24, 2.45) is 0 Å². The van der Waals surface area contributed by atoms with Gasteiger partial charge in [-0.25, -0.2) is 0 Å². The van der Waals surface area contributed by atoms with E-state index in [1.165, 1.54) is 0 Å².